The van der Waals surface area contributed by atoms with E-state index in [0.29, 0.717) is 18.1 Å². The average molecular weight is 335 g/mol. The summed E-state index contributed by atoms with van der Waals surface area (Å²) in [6.45, 7) is 2.45. The molecule has 0 saturated heterocycles. The number of benzene rings is 2. The molecular formula is C20H21N3O2. The lowest BCUT2D eigenvalue weighted by Gasteiger charge is -2.27. The minimum absolute atomic E-state index is 0.141. The van der Waals surface area contributed by atoms with Crippen LogP contribution in [0.2, 0.25) is 0 Å². The molecule has 0 bridgehead atoms. The third-order valence-corrected chi connectivity index (χ3v) is 3.96. The lowest BCUT2D eigenvalue weighted by molar-refractivity contribution is -0.121. The zero-order chi connectivity index (χ0) is 17.6. The van der Waals surface area contributed by atoms with Crippen molar-refractivity contribution in [2.45, 2.75) is 19.5 Å². The molecule has 1 atom stereocenters. The molecule has 25 heavy (non-hydrogen) atoms. The summed E-state index contributed by atoms with van der Waals surface area (Å²) in [7, 11) is 1.94. The third-order valence-electron chi connectivity index (χ3n) is 3.96. The number of amides is 1. The highest BCUT2D eigenvalue weighted by atomic mass is 16.5. The van der Waals surface area contributed by atoms with Gasteiger partial charge in [0, 0.05) is 12.6 Å². The number of aryl methyl sites for hydroxylation is 1. The van der Waals surface area contributed by atoms with Crippen LogP contribution in [-0.2, 0) is 11.3 Å². The molecule has 0 unspecified atom stereocenters. The second-order valence-electron chi connectivity index (χ2n) is 6.03. The Kier molecular flexibility index (Phi) is 5.26. The van der Waals surface area contributed by atoms with Gasteiger partial charge in [-0.1, -0.05) is 65.8 Å². The average Bonchev–Trinajstić information content (AvgIpc) is 3.01. The first-order chi connectivity index (χ1) is 12.1. The topological polar surface area (TPSA) is 58.4 Å². The highest BCUT2D eigenvalue weighted by molar-refractivity contribution is 5.94. The summed E-state index contributed by atoms with van der Waals surface area (Å²) in [5.74, 6) is 0.943. The SMILES string of the molecule is Cc1cc(NC(=O)[C@H](c2ccccc2)N(C)Cc2ccccc2)no1. The van der Waals surface area contributed by atoms with Gasteiger partial charge in [-0.25, -0.2) is 0 Å². The van der Waals surface area contributed by atoms with E-state index in [4.69, 9.17) is 4.52 Å². The van der Waals surface area contributed by atoms with Crippen LogP contribution in [0.5, 0.6) is 0 Å². The summed E-state index contributed by atoms with van der Waals surface area (Å²) < 4.78 is 5.03. The predicted molar refractivity (Wildman–Crippen MR) is 97.0 cm³/mol. The number of aromatic nitrogens is 1. The van der Waals surface area contributed by atoms with E-state index in [9.17, 15) is 4.79 Å². The van der Waals surface area contributed by atoms with E-state index >= 15 is 0 Å². The summed E-state index contributed by atoms with van der Waals surface area (Å²) in [6.07, 6.45) is 0. The van der Waals surface area contributed by atoms with Crippen molar-refractivity contribution in [2.75, 3.05) is 12.4 Å². The molecule has 0 fully saturated rings. The fourth-order valence-electron chi connectivity index (χ4n) is 2.82. The summed E-state index contributed by atoms with van der Waals surface area (Å²) in [5, 5.41) is 6.69. The first-order valence-electron chi connectivity index (χ1n) is 8.17. The van der Waals surface area contributed by atoms with Crippen molar-refractivity contribution in [1.82, 2.24) is 10.1 Å². The Morgan fingerprint density at radius 1 is 1.12 bits per heavy atom. The summed E-state index contributed by atoms with van der Waals surface area (Å²) in [4.78, 5) is 14.9. The monoisotopic (exact) mass is 335 g/mol. The molecule has 1 N–H and O–H groups in total. The summed E-state index contributed by atoms with van der Waals surface area (Å²) in [5.41, 5.74) is 2.08. The molecule has 3 rings (SSSR count). The number of carbonyl (C=O) groups is 1. The van der Waals surface area contributed by atoms with Gasteiger partial charge in [-0.2, -0.15) is 0 Å². The van der Waals surface area contributed by atoms with Crippen LogP contribution < -0.4 is 5.32 Å². The summed E-state index contributed by atoms with van der Waals surface area (Å²) in [6, 6.07) is 21.1. The first-order valence-corrected chi connectivity index (χ1v) is 8.17. The molecule has 3 aromatic rings. The molecule has 1 heterocycles. The normalized spacial score (nSPS) is 12.1. The summed E-state index contributed by atoms with van der Waals surface area (Å²) >= 11 is 0. The predicted octanol–water partition coefficient (Wildman–Crippen LogP) is 3.79. The standard InChI is InChI=1S/C20H21N3O2/c1-15-13-18(22-25-15)21-20(24)19(17-11-7-4-8-12-17)23(2)14-16-9-5-3-6-10-16/h3-13,19H,14H2,1-2H3,(H,21,22,24)/t19-/m0/s1. The van der Waals surface area contributed by atoms with Crippen molar-refractivity contribution in [1.29, 1.82) is 0 Å². The van der Waals surface area contributed by atoms with E-state index in [1.807, 2.05) is 60.5 Å². The number of rotatable bonds is 6. The van der Waals surface area contributed by atoms with E-state index in [0.717, 1.165) is 11.1 Å². The second-order valence-corrected chi connectivity index (χ2v) is 6.03. The van der Waals surface area contributed by atoms with Crippen LogP contribution in [0.1, 0.15) is 22.9 Å². The zero-order valence-corrected chi connectivity index (χ0v) is 14.3. The minimum Gasteiger partial charge on any atom is -0.360 e. The van der Waals surface area contributed by atoms with Crippen molar-refractivity contribution in [2.24, 2.45) is 0 Å². The van der Waals surface area contributed by atoms with Crippen LogP contribution in [0.15, 0.2) is 71.3 Å². The van der Waals surface area contributed by atoms with Gasteiger partial charge in [0.2, 0.25) is 5.91 Å². The Balaban J connectivity index is 1.83. The van der Waals surface area contributed by atoms with E-state index in [-0.39, 0.29) is 5.91 Å². The van der Waals surface area contributed by atoms with Crippen molar-refractivity contribution in [3.05, 3.63) is 83.6 Å². The Hall–Kier alpha value is -2.92. The van der Waals surface area contributed by atoms with Crippen LogP contribution in [0, 0.1) is 6.92 Å². The maximum atomic E-state index is 12.9. The number of nitrogens with one attached hydrogen (secondary N) is 1. The Morgan fingerprint density at radius 3 is 2.36 bits per heavy atom. The Morgan fingerprint density at radius 2 is 1.76 bits per heavy atom. The Bertz CT molecular complexity index is 815. The fourth-order valence-corrected chi connectivity index (χ4v) is 2.82. The van der Waals surface area contributed by atoms with E-state index < -0.39 is 6.04 Å². The van der Waals surface area contributed by atoms with Crippen LogP contribution in [0.4, 0.5) is 5.82 Å². The van der Waals surface area contributed by atoms with Gasteiger partial charge in [-0.05, 0) is 25.1 Å². The molecule has 5 heteroatoms. The number of likely N-dealkylation sites (N-methyl/N-ethyl adjacent to an activating group) is 1. The van der Waals surface area contributed by atoms with Gasteiger partial charge in [-0.15, -0.1) is 0 Å². The number of nitrogens with zero attached hydrogens (tertiary/aromatic N) is 2. The molecule has 1 amide bonds. The smallest absolute Gasteiger partial charge is 0.247 e. The molecule has 0 aliphatic heterocycles. The molecule has 0 spiro atoms. The van der Waals surface area contributed by atoms with Crippen molar-refractivity contribution in [3.63, 3.8) is 0 Å². The van der Waals surface area contributed by atoms with E-state index in [1.165, 1.54) is 0 Å². The number of hydrogen-bond acceptors (Lipinski definition) is 4. The quantitative estimate of drug-likeness (QED) is 0.744. The molecule has 128 valence electrons. The number of anilines is 1. The van der Waals surface area contributed by atoms with Gasteiger partial charge in [0.05, 0.1) is 0 Å². The number of hydrogen-bond donors (Lipinski definition) is 1. The largest absolute Gasteiger partial charge is 0.360 e. The highest BCUT2D eigenvalue weighted by Gasteiger charge is 2.26. The highest BCUT2D eigenvalue weighted by Crippen LogP contribution is 2.23. The van der Waals surface area contributed by atoms with E-state index in [2.05, 4.69) is 22.6 Å². The van der Waals surface area contributed by atoms with Gasteiger partial charge in [0.25, 0.3) is 0 Å². The van der Waals surface area contributed by atoms with Gasteiger partial charge >= 0.3 is 0 Å². The Labute approximate surface area is 147 Å². The molecule has 0 aliphatic carbocycles. The van der Waals surface area contributed by atoms with Crippen molar-refractivity contribution in [3.8, 4) is 0 Å². The van der Waals surface area contributed by atoms with Gasteiger partial charge in [0.1, 0.15) is 11.8 Å². The molecular weight excluding hydrogens is 314 g/mol. The van der Waals surface area contributed by atoms with Crippen LogP contribution in [-0.4, -0.2) is 23.0 Å². The van der Waals surface area contributed by atoms with Gasteiger partial charge in [-0.3, -0.25) is 9.69 Å². The van der Waals surface area contributed by atoms with Gasteiger partial charge in [0.15, 0.2) is 5.82 Å². The molecule has 0 radical (unpaired) electrons. The maximum absolute atomic E-state index is 12.9. The minimum atomic E-state index is -0.432. The van der Waals surface area contributed by atoms with Crippen molar-refractivity contribution < 1.29 is 9.32 Å². The first kappa shape index (κ1) is 16.9. The van der Waals surface area contributed by atoms with Gasteiger partial charge < -0.3 is 9.84 Å². The lowest BCUT2D eigenvalue weighted by Crippen LogP contribution is -2.34. The fraction of sp³-hybridized carbons (Fsp3) is 0.200. The zero-order valence-electron chi connectivity index (χ0n) is 14.3. The van der Waals surface area contributed by atoms with E-state index in [1.54, 1.807) is 13.0 Å². The molecule has 0 aliphatic rings. The van der Waals surface area contributed by atoms with Crippen molar-refractivity contribution >= 4 is 11.7 Å². The molecule has 0 saturated carbocycles. The lowest BCUT2D eigenvalue weighted by atomic mass is 10.0. The maximum Gasteiger partial charge on any atom is 0.247 e. The molecule has 2 aromatic carbocycles. The molecule has 5 nitrogen and oxygen atoms in total. The number of carbonyl (C=O) groups excluding carboxylic acids is 1. The third kappa shape index (κ3) is 4.33. The second kappa shape index (κ2) is 7.77. The van der Waals surface area contributed by atoms with Crippen LogP contribution in [0.3, 0.4) is 0 Å². The van der Waals surface area contributed by atoms with Crippen LogP contribution in [0.25, 0.3) is 0 Å². The molecule has 1 aromatic heterocycles. The van der Waals surface area contributed by atoms with Crippen LogP contribution >= 0.6 is 0 Å².